The van der Waals surface area contributed by atoms with Gasteiger partial charge in [0.15, 0.2) is 0 Å². The topological polar surface area (TPSA) is 67.4 Å². The maximum Gasteiger partial charge on any atom is 0.315 e. The third kappa shape index (κ3) is 3.06. The van der Waals surface area contributed by atoms with Gasteiger partial charge in [-0.05, 0) is 12.8 Å². The first kappa shape index (κ1) is 12.5. The molecule has 2 aliphatic heterocycles. The number of nitrogens with one attached hydrogen (secondary N) is 2. The molecule has 0 saturated carbocycles. The van der Waals surface area contributed by atoms with Crippen LogP contribution in [0.2, 0.25) is 0 Å². The third-order valence-electron chi connectivity index (χ3n) is 3.29. The van der Waals surface area contributed by atoms with Gasteiger partial charge in [0.1, 0.15) is 0 Å². The Labute approximate surface area is 105 Å². The van der Waals surface area contributed by atoms with E-state index in [4.69, 9.17) is 0 Å². The van der Waals surface area contributed by atoms with E-state index in [1.807, 2.05) is 11.8 Å². The summed E-state index contributed by atoms with van der Waals surface area (Å²) < 4.78 is 4.59. The summed E-state index contributed by atoms with van der Waals surface area (Å²) in [7, 11) is 1.42. The van der Waals surface area contributed by atoms with Crippen LogP contribution in [0.1, 0.15) is 25.7 Å². The van der Waals surface area contributed by atoms with Crippen LogP contribution in [0.15, 0.2) is 0 Å². The van der Waals surface area contributed by atoms with E-state index < -0.39 is 0 Å². The minimum Gasteiger partial charge on any atom is -0.469 e. The summed E-state index contributed by atoms with van der Waals surface area (Å²) >= 11 is 1.91. The number of esters is 1. The molecule has 2 heterocycles. The van der Waals surface area contributed by atoms with Crippen molar-refractivity contribution in [1.29, 1.82) is 0 Å². The standard InChI is InChI=1S/C11H18N2O3S/c1-16-9(14)5-3-2-4-8-10-7(6-17-8)12-11(15)13-10/h7-8,10H,2-6H2,1H3,(H2,12,13,15)/t7-,8+,10-/m0/s1. The summed E-state index contributed by atoms with van der Waals surface area (Å²) in [6, 6.07) is 0.517. The second-order valence-electron chi connectivity index (χ2n) is 4.44. The van der Waals surface area contributed by atoms with E-state index in [-0.39, 0.29) is 24.1 Å². The molecule has 96 valence electrons. The van der Waals surface area contributed by atoms with Crippen LogP contribution >= 0.6 is 11.8 Å². The van der Waals surface area contributed by atoms with E-state index >= 15 is 0 Å². The quantitative estimate of drug-likeness (QED) is 0.436. The van der Waals surface area contributed by atoms with Gasteiger partial charge in [-0.3, -0.25) is 4.79 Å². The lowest BCUT2D eigenvalue weighted by Crippen LogP contribution is -2.36. The van der Waals surface area contributed by atoms with Crippen LogP contribution in [0.3, 0.4) is 0 Å². The molecule has 0 unspecified atom stereocenters. The summed E-state index contributed by atoms with van der Waals surface area (Å²) in [6.07, 6.45) is 3.41. The molecule has 2 amide bonds. The second kappa shape index (κ2) is 5.62. The van der Waals surface area contributed by atoms with Crippen LogP contribution in [0.4, 0.5) is 4.79 Å². The van der Waals surface area contributed by atoms with Crippen LogP contribution in [-0.2, 0) is 9.53 Å². The highest BCUT2D eigenvalue weighted by atomic mass is 32.2. The van der Waals surface area contributed by atoms with Gasteiger partial charge in [0.05, 0.1) is 19.2 Å². The average molecular weight is 258 g/mol. The summed E-state index contributed by atoms with van der Waals surface area (Å²) in [4.78, 5) is 22.1. The molecule has 0 aromatic rings. The van der Waals surface area contributed by atoms with Gasteiger partial charge in [-0.1, -0.05) is 6.42 Å². The lowest BCUT2D eigenvalue weighted by molar-refractivity contribution is -0.140. The zero-order chi connectivity index (χ0) is 12.3. The molecule has 3 atom stereocenters. The maximum absolute atomic E-state index is 11.2. The predicted molar refractivity (Wildman–Crippen MR) is 66.0 cm³/mol. The number of hydrogen-bond donors (Lipinski definition) is 2. The van der Waals surface area contributed by atoms with Crippen LogP contribution in [0, 0.1) is 0 Å². The zero-order valence-corrected chi connectivity index (χ0v) is 10.7. The van der Waals surface area contributed by atoms with Crippen molar-refractivity contribution in [3.05, 3.63) is 0 Å². The summed E-state index contributed by atoms with van der Waals surface area (Å²) in [5, 5.41) is 6.37. The summed E-state index contributed by atoms with van der Waals surface area (Å²) in [6.45, 7) is 0. The molecule has 0 aliphatic carbocycles. The first-order valence-electron chi connectivity index (χ1n) is 5.96. The molecule has 0 spiro atoms. The SMILES string of the molecule is COC(=O)CCCC[C@H]1SC[C@@H]2NC(=O)N[C@@H]21. The largest absolute Gasteiger partial charge is 0.469 e. The summed E-state index contributed by atoms with van der Waals surface area (Å²) in [5.74, 6) is 0.850. The van der Waals surface area contributed by atoms with Crippen molar-refractivity contribution in [2.24, 2.45) is 0 Å². The molecule has 6 heteroatoms. The van der Waals surface area contributed by atoms with Crippen molar-refractivity contribution in [2.75, 3.05) is 12.9 Å². The van der Waals surface area contributed by atoms with Gasteiger partial charge in [-0.25, -0.2) is 4.79 Å². The fourth-order valence-electron chi connectivity index (χ4n) is 2.36. The van der Waals surface area contributed by atoms with Crippen molar-refractivity contribution in [3.8, 4) is 0 Å². The number of carbonyl (C=O) groups is 2. The van der Waals surface area contributed by atoms with Gasteiger partial charge in [-0.15, -0.1) is 0 Å². The monoisotopic (exact) mass is 258 g/mol. The van der Waals surface area contributed by atoms with Crippen molar-refractivity contribution in [2.45, 2.75) is 43.0 Å². The maximum atomic E-state index is 11.2. The first-order chi connectivity index (χ1) is 8.20. The molecule has 0 aromatic heterocycles. The van der Waals surface area contributed by atoms with Crippen molar-refractivity contribution >= 4 is 23.8 Å². The molecule has 0 aromatic carbocycles. The highest BCUT2D eigenvalue weighted by Crippen LogP contribution is 2.33. The molecule has 2 aliphatic rings. The van der Waals surface area contributed by atoms with E-state index in [9.17, 15) is 9.59 Å². The number of hydrogen-bond acceptors (Lipinski definition) is 4. The van der Waals surface area contributed by atoms with Crippen LogP contribution < -0.4 is 10.6 Å². The van der Waals surface area contributed by atoms with E-state index in [2.05, 4.69) is 15.4 Å². The van der Waals surface area contributed by atoms with Crippen LogP contribution in [0.25, 0.3) is 0 Å². The van der Waals surface area contributed by atoms with Gasteiger partial charge in [0.25, 0.3) is 0 Å². The molecule has 17 heavy (non-hydrogen) atoms. The number of amides is 2. The minimum absolute atomic E-state index is 0.0418. The molecule has 2 N–H and O–H groups in total. The summed E-state index contributed by atoms with van der Waals surface area (Å²) in [5.41, 5.74) is 0. The molecule has 0 radical (unpaired) electrons. The van der Waals surface area contributed by atoms with E-state index in [0.717, 1.165) is 25.0 Å². The fraction of sp³-hybridized carbons (Fsp3) is 0.818. The van der Waals surface area contributed by atoms with Gasteiger partial charge >= 0.3 is 12.0 Å². The molecule has 2 saturated heterocycles. The molecule has 5 nitrogen and oxygen atoms in total. The number of rotatable bonds is 5. The Hall–Kier alpha value is -0.910. The van der Waals surface area contributed by atoms with Crippen molar-refractivity contribution < 1.29 is 14.3 Å². The third-order valence-corrected chi connectivity index (χ3v) is 4.79. The van der Waals surface area contributed by atoms with E-state index in [1.54, 1.807) is 0 Å². The normalized spacial score (nSPS) is 30.6. The Morgan fingerprint density at radius 3 is 3.06 bits per heavy atom. The van der Waals surface area contributed by atoms with Gasteiger partial charge in [-0.2, -0.15) is 11.8 Å². The van der Waals surface area contributed by atoms with Gasteiger partial charge in [0.2, 0.25) is 0 Å². The second-order valence-corrected chi connectivity index (χ2v) is 5.72. The number of unbranched alkanes of at least 4 members (excludes halogenated alkanes) is 1. The van der Waals surface area contributed by atoms with Gasteiger partial charge in [0, 0.05) is 17.4 Å². The Balaban J connectivity index is 1.66. The van der Waals surface area contributed by atoms with Crippen LogP contribution in [-0.4, -0.2) is 42.2 Å². The number of ether oxygens (including phenoxy) is 1. The number of thioether (sulfide) groups is 1. The molecule has 2 fully saturated rings. The molecular formula is C11H18N2O3S. The molecule has 0 bridgehead atoms. The minimum atomic E-state index is -0.141. The Kier molecular flexibility index (Phi) is 4.15. The highest BCUT2D eigenvalue weighted by molar-refractivity contribution is 8.00. The van der Waals surface area contributed by atoms with Crippen molar-refractivity contribution in [3.63, 3.8) is 0 Å². The average Bonchev–Trinajstić information content (AvgIpc) is 2.84. The van der Waals surface area contributed by atoms with E-state index in [1.165, 1.54) is 7.11 Å². The number of carbonyl (C=O) groups excluding carboxylic acids is 2. The lowest BCUT2D eigenvalue weighted by atomic mass is 10.0. The molecular weight excluding hydrogens is 240 g/mol. The number of fused-ring (bicyclic) bond motifs is 1. The highest BCUT2D eigenvalue weighted by Gasteiger charge is 2.42. The van der Waals surface area contributed by atoms with Gasteiger partial charge < -0.3 is 15.4 Å². The van der Waals surface area contributed by atoms with E-state index in [0.29, 0.717) is 11.7 Å². The predicted octanol–water partition coefficient (Wildman–Crippen LogP) is 0.885. The van der Waals surface area contributed by atoms with Crippen LogP contribution in [0.5, 0.6) is 0 Å². The number of urea groups is 1. The molecule has 2 rings (SSSR count). The van der Waals surface area contributed by atoms with Crippen molar-refractivity contribution in [1.82, 2.24) is 10.6 Å². The lowest BCUT2D eigenvalue weighted by Gasteiger charge is -2.16. The fourth-order valence-corrected chi connectivity index (χ4v) is 3.90. The Morgan fingerprint density at radius 2 is 2.29 bits per heavy atom. The zero-order valence-electron chi connectivity index (χ0n) is 9.90. The Morgan fingerprint density at radius 1 is 1.47 bits per heavy atom. The number of methoxy groups -OCH3 is 1. The smallest absolute Gasteiger partial charge is 0.315 e. The first-order valence-corrected chi connectivity index (χ1v) is 7.01. The Bertz CT molecular complexity index is 311.